The number of fused-ring (bicyclic) bond motifs is 1. The Morgan fingerprint density at radius 1 is 1.25 bits per heavy atom. The summed E-state index contributed by atoms with van der Waals surface area (Å²) in [6, 6.07) is 4.60. The van der Waals surface area contributed by atoms with Crippen LogP contribution in [0.15, 0.2) is 18.2 Å². The molecule has 0 atom stereocenters. The van der Waals surface area contributed by atoms with Crippen LogP contribution in [0.1, 0.15) is 18.1 Å². The molecule has 0 bridgehead atoms. The molecule has 1 aromatic carbocycles. The van der Waals surface area contributed by atoms with E-state index in [4.69, 9.17) is 0 Å². The Bertz CT molecular complexity index is 555. The Morgan fingerprint density at radius 2 is 1.95 bits per heavy atom. The Kier molecular flexibility index (Phi) is 3.69. The maximum atomic E-state index is 12.2. The van der Waals surface area contributed by atoms with E-state index in [0.717, 1.165) is 11.1 Å². The average Bonchev–Trinajstić information content (AvgIpc) is 2.36. The summed E-state index contributed by atoms with van der Waals surface area (Å²) in [6.07, 6.45) is -4.26. The molecule has 2 amide bonds. The maximum absolute atomic E-state index is 12.2. The van der Waals surface area contributed by atoms with Crippen LogP contribution < -0.4 is 5.32 Å². The largest absolute Gasteiger partial charge is 0.471 e. The van der Waals surface area contributed by atoms with Crippen molar-refractivity contribution in [3.8, 4) is 0 Å². The number of nitrogens with zero attached hydrogens (tertiary/aromatic N) is 1. The Balaban J connectivity index is 2.17. The quantitative estimate of drug-likeness (QED) is 0.859. The topological polar surface area (TPSA) is 49.4 Å². The number of anilines is 1. The van der Waals surface area contributed by atoms with Gasteiger partial charge in [0.15, 0.2) is 0 Å². The predicted octanol–water partition coefficient (Wildman–Crippen LogP) is 2.09. The molecule has 0 aliphatic carbocycles. The fourth-order valence-electron chi connectivity index (χ4n) is 2.11. The van der Waals surface area contributed by atoms with Crippen LogP contribution in [-0.4, -0.2) is 29.4 Å². The number of carbonyl (C=O) groups excluding carboxylic acids is 2. The lowest BCUT2D eigenvalue weighted by Gasteiger charge is -2.28. The van der Waals surface area contributed by atoms with Crippen molar-refractivity contribution in [1.82, 2.24) is 4.90 Å². The Morgan fingerprint density at radius 3 is 2.55 bits per heavy atom. The lowest BCUT2D eigenvalue weighted by Crippen LogP contribution is -2.34. The minimum Gasteiger partial charge on any atom is -0.338 e. The Labute approximate surface area is 113 Å². The van der Waals surface area contributed by atoms with Crippen LogP contribution in [0.4, 0.5) is 18.9 Å². The highest BCUT2D eigenvalue weighted by atomic mass is 19.4. The van der Waals surface area contributed by atoms with E-state index in [1.165, 1.54) is 19.1 Å². The van der Waals surface area contributed by atoms with E-state index in [1.807, 2.05) is 5.32 Å². The molecule has 1 heterocycles. The second-order valence-electron chi connectivity index (χ2n) is 4.63. The number of carbonyl (C=O) groups is 2. The molecule has 1 aliphatic heterocycles. The molecule has 1 aromatic rings. The van der Waals surface area contributed by atoms with Gasteiger partial charge < -0.3 is 10.2 Å². The summed E-state index contributed by atoms with van der Waals surface area (Å²) >= 11 is 0. The van der Waals surface area contributed by atoms with E-state index in [0.29, 0.717) is 19.5 Å². The summed E-state index contributed by atoms with van der Waals surface area (Å²) in [4.78, 5) is 23.8. The van der Waals surface area contributed by atoms with Crippen molar-refractivity contribution >= 4 is 17.5 Å². The van der Waals surface area contributed by atoms with E-state index in [-0.39, 0.29) is 11.6 Å². The molecule has 1 N–H and O–H groups in total. The number of hydrogen-bond acceptors (Lipinski definition) is 2. The zero-order chi connectivity index (χ0) is 14.9. The smallest absolute Gasteiger partial charge is 0.338 e. The fourth-order valence-corrected chi connectivity index (χ4v) is 2.11. The van der Waals surface area contributed by atoms with Gasteiger partial charge in [-0.1, -0.05) is 6.07 Å². The van der Waals surface area contributed by atoms with E-state index in [1.54, 1.807) is 11.0 Å². The zero-order valence-corrected chi connectivity index (χ0v) is 10.8. The molecule has 20 heavy (non-hydrogen) atoms. The van der Waals surface area contributed by atoms with Crippen LogP contribution in [0.2, 0.25) is 0 Å². The monoisotopic (exact) mass is 286 g/mol. The molecule has 0 fully saturated rings. The molecular formula is C13H13F3N2O2. The molecule has 4 nitrogen and oxygen atoms in total. The van der Waals surface area contributed by atoms with E-state index >= 15 is 0 Å². The van der Waals surface area contributed by atoms with Gasteiger partial charge in [0, 0.05) is 25.7 Å². The fraction of sp³-hybridized carbons (Fsp3) is 0.385. The molecule has 0 aromatic heterocycles. The third-order valence-corrected chi connectivity index (χ3v) is 3.18. The summed E-state index contributed by atoms with van der Waals surface area (Å²) in [5.74, 6) is -2.09. The van der Waals surface area contributed by atoms with Crippen molar-refractivity contribution in [3.63, 3.8) is 0 Å². The SMILES string of the molecule is CC(=O)N1CCc2ccc(NC(=O)C(F)(F)F)cc2C1. The van der Waals surface area contributed by atoms with Gasteiger partial charge in [-0.15, -0.1) is 0 Å². The van der Waals surface area contributed by atoms with E-state index in [2.05, 4.69) is 0 Å². The summed E-state index contributed by atoms with van der Waals surface area (Å²) in [7, 11) is 0. The van der Waals surface area contributed by atoms with Crippen LogP contribution >= 0.6 is 0 Å². The van der Waals surface area contributed by atoms with Crippen LogP contribution in [0, 0.1) is 0 Å². The minimum absolute atomic E-state index is 0.0801. The van der Waals surface area contributed by atoms with Crippen LogP contribution in [0.5, 0.6) is 0 Å². The second kappa shape index (κ2) is 5.15. The molecular weight excluding hydrogens is 273 g/mol. The molecule has 0 saturated heterocycles. The van der Waals surface area contributed by atoms with E-state index < -0.39 is 12.1 Å². The maximum Gasteiger partial charge on any atom is 0.471 e. The lowest BCUT2D eigenvalue weighted by atomic mass is 9.99. The van der Waals surface area contributed by atoms with Gasteiger partial charge in [0.1, 0.15) is 0 Å². The van der Waals surface area contributed by atoms with Gasteiger partial charge in [-0.2, -0.15) is 13.2 Å². The highest BCUT2D eigenvalue weighted by Gasteiger charge is 2.38. The molecule has 0 radical (unpaired) electrons. The zero-order valence-electron chi connectivity index (χ0n) is 10.8. The van der Waals surface area contributed by atoms with Gasteiger partial charge in [-0.3, -0.25) is 9.59 Å². The second-order valence-corrected chi connectivity index (χ2v) is 4.63. The first kappa shape index (κ1) is 14.4. The van der Waals surface area contributed by atoms with Crippen LogP contribution in [0.25, 0.3) is 0 Å². The predicted molar refractivity (Wildman–Crippen MR) is 65.9 cm³/mol. The van der Waals surface area contributed by atoms with Crippen molar-refractivity contribution in [2.45, 2.75) is 26.1 Å². The van der Waals surface area contributed by atoms with E-state index in [9.17, 15) is 22.8 Å². The van der Waals surface area contributed by atoms with Crippen molar-refractivity contribution in [2.24, 2.45) is 0 Å². The number of halogens is 3. The van der Waals surface area contributed by atoms with Crippen molar-refractivity contribution < 1.29 is 22.8 Å². The summed E-state index contributed by atoms with van der Waals surface area (Å²) in [6.45, 7) is 2.39. The number of alkyl halides is 3. The minimum atomic E-state index is -4.92. The average molecular weight is 286 g/mol. The van der Waals surface area contributed by atoms with Gasteiger partial charge in [-0.25, -0.2) is 0 Å². The molecule has 0 spiro atoms. The molecule has 0 saturated carbocycles. The van der Waals surface area contributed by atoms with Gasteiger partial charge in [0.2, 0.25) is 5.91 Å². The van der Waals surface area contributed by atoms with Gasteiger partial charge in [0.05, 0.1) is 0 Å². The normalized spacial score (nSPS) is 14.7. The van der Waals surface area contributed by atoms with Crippen molar-refractivity contribution in [1.29, 1.82) is 0 Å². The first-order chi connectivity index (χ1) is 9.27. The molecule has 7 heteroatoms. The summed E-state index contributed by atoms with van der Waals surface area (Å²) in [5, 5.41) is 1.81. The molecule has 0 unspecified atom stereocenters. The molecule has 2 rings (SSSR count). The number of amides is 2. The number of rotatable bonds is 1. The molecule has 1 aliphatic rings. The van der Waals surface area contributed by atoms with Gasteiger partial charge in [0.25, 0.3) is 0 Å². The first-order valence-corrected chi connectivity index (χ1v) is 6.03. The number of benzene rings is 1. The van der Waals surface area contributed by atoms with Crippen molar-refractivity contribution in [2.75, 3.05) is 11.9 Å². The Hall–Kier alpha value is -2.05. The first-order valence-electron chi connectivity index (χ1n) is 6.03. The van der Waals surface area contributed by atoms with Crippen LogP contribution in [-0.2, 0) is 22.6 Å². The van der Waals surface area contributed by atoms with Gasteiger partial charge >= 0.3 is 12.1 Å². The van der Waals surface area contributed by atoms with Crippen LogP contribution in [0.3, 0.4) is 0 Å². The third kappa shape index (κ3) is 3.09. The van der Waals surface area contributed by atoms with Gasteiger partial charge in [-0.05, 0) is 29.7 Å². The number of nitrogens with one attached hydrogen (secondary N) is 1. The third-order valence-electron chi connectivity index (χ3n) is 3.18. The lowest BCUT2D eigenvalue weighted by molar-refractivity contribution is -0.167. The highest BCUT2D eigenvalue weighted by molar-refractivity contribution is 5.95. The summed E-state index contributed by atoms with van der Waals surface area (Å²) in [5.41, 5.74) is 1.82. The number of hydrogen-bond donors (Lipinski definition) is 1. The highest BCUT2D eigenvalue weighted by Crippen LogP contribution is 2.24. The summed E-state index contributed by atoms with van der Waals surface area (Å²) < 4.78 is 36.5. The van der Waals surface area contributed by atoms with Crippen molar-refractivity contribution in [3.05, 3.63) is 29.3 Å². The molecule has 108 valence electrons. The standard InChI is InChI=1S/C13H13F3N2O2/c1-8(19)18-5-4-9-2-3-11(6-10(9)7-18)17-12(20)13(14,15)16/h2-3,6H,4-5,7H2,1H3,(H,17,20).